The Morgan fingerprint density at radius 2 is 2.08 bits per heavy atom. The molecule has 2 aromatic heterocycles. The van der Waals surface area contributed by atoms with Crippen molar-refractivity contribution in [3.8, 4) is 0 Å². The first-order chi connectivity index (χ1) is 11.6. The van der Waals surface area contributed by atoms with Crippen molar-refractivity contribution in [3.63, 3.8) is 0 Å². The SMILES string of the molecule is O=C(C(Cl)c1ccccc1)N1CCc2c(c(Br)nc3[nH]ncc23)C1. The first-order valence-corrected chi connectivity index (χ1v) is 8.86. The van der Waals surface area contributed by atoms with Gasteiger partial charge in [-0.25, -0.2) is 4.98 Å². The van der Waals surface area contributed by atoms with E-state index in [0.29, 0.717) is 13.1 Å². The van der Waals surface area contributed by atoms with Gasteiger partial charge in [-0.3, -0.25) is 9.89 Å². The molecule has 3 heterocycles. The first-order valence-electron chi connectivity index (χ1n) is 7.63. The Kier molecular flexibility index (Phi) is 4.02. The van der Waals surface area contributed by atoms with Crippen LogP contribution in [-0.2, 0) is 17.8 Å². The Hall–Kier alpha value is -1.92. The minimum atomic E-state index is -0.669. The number of benzene rings is 1. The molecule has 0 saturated heterocycles. The van der Waals surface area contributed by atoms with Crippen LogP contribution in [0.25, 0.3) is 11.0 Å². The molecular weight excluding hydrogens is 392 g/mol. The summed E-state index contributed by atoms with van der Waals surface area (Å²) in [5, 5.41) is 7.30. The summed E-state index contributed by atoms with van der Waals surface area (Å²) in [5.74, 6) is -0.0762. The average Bonchev–Trinajstić information content (AvgIpc) is 3.09. The normalized spacial score (nSPS) is 15.3. The standard InChI is InChI=1S/C17H14BrClN4O/c18-15-13-9-23(17(24)14(19)10-4-2-1-3-5-10)7-6-11(13)12-8-20-22-16(12)21-15/h1-5,8,14H,6-7,9H2,(H,20,21,22). The third kappa shape index (κ3) is 2.59. The second-order valence-corrected chi connectivity index (χ2v) is 6.96. The lowest BCUT2D eigenvalue weighted by molar-refractivity contribution is -0.131. The molecule has 1 aliphatic rings. The number of rotatable bonds is 2. The van der Waals surface area contributed by atoms with Crippen LogP contribution in [0.3, 0.4) is 0 Å². The average molecular weight is 406 g/mol. The number of nitrogens with zero attached hydrogens (tertiary/aromatic N) is 3. The summed E-state index contributed by atoms with van der Waals surface area (Å²) in [6, 6.07) is 9.44. The highest BCUT2D eigenvalue weighted by molar-refractivity contribution is 9.10. The van der Waals surface area contributed by atoms with Gasteiger partial charge in [-0.1, -0.05) is 30.3 Å². The number of H-pyrrole nitrogens is 1. The molecule has 7 heteroatoms. The summed E-state index contributed by atoms with van der Waals surface area (Å²) in [6.45, 7) is 1.14. The van der Waals surface area contributed by atoms with Crippen LogP contribution in [0.5, 0.6) is 0 Å². The summed E-state index contributed by atoms with van der Waals surface area (Å²) in [6.07, 6.45) is 2.55. The van der Waals surface area contributed by atoms with Gasteiger partial charge in [-0.05, 0) is 33.5 Å². The fourth-order valence-electron chi connectivity index (χ4n) is 3.11. The minimum absolute atomic E-state index is 0.0762. The summed E-state index contributed by atoms with van der Waals surface area (Å²) in [7, 11) is 0. The Morgan fingerprint density at radius 3 is 2.88 bits per heavy atom. The Bertz CT molecular complexity index is 912. The predicted molar refractivity (Wildman–Crippen MR) is 95.7 cm³/mol. The minimum Gasteiger partial charge on any atom is -0.336 e. The zero-order chi connectivity index (χ0) is 16.7. The van der Waals surface area contributed by atoms with Gasteiger partial charge >= 0.3 is 0 Å². The van der Waals surface area contributed by atoms with Gasteiger partial charge in [-0.2, -0.15) is 5.10 Å². The van der Waals surface area contributed by atoms with Crippen molar-refractivity contribution in [1.82, 2.24) is 20.1 Å². The molecule has 0 fully saturated rings. The molecule has 1 aromatic carbocycles. The number of aromatic amines is 1. The highest BCUT2D eigenvalue weighted by Crippen LogP contribution is 2.32. The van der Waals surface area contributed by atoms with Gasteiger partial charge in [-0.15, -0.1) is 11.6 Å². The van der Waals surface area contributed by atoms with Gasteiger partial charge in [0.25, 0.3) is 0 Å². The number of pyridine rings is 1. The number of amides is 1. The van der Waals surface area contributed by atoms with E-state index in [4.69, 9.17) is 11.6 Å². The highest BCUT2D eigenvalue weighted by Gasteiger charge is 2.29. The van der Waals surface area contributed by atoms with E-state index < -0.39 is 5.38 Å². The van der Waals surface area contributed by atoms with Crippen molar-refractivity contribution in [2.24, 2.45) is 0 Å². The van der Waals surface area contributed by atoms with Crippen LogP contribution >= 0.6 is 27.5 Å². The van der Waals surface area contributed by atoms with Crippen LogP contribution in [0, 0.1) is 0 Å². The molecule has 3 aromatic rings. The molecule has 1 unspecified atom stereocenters. The fraction of sp³-hybridized carbons (Fsp3) is 0.235. The first kappa shape index (κ1) is 15.6. The maximum absolute atomic E-state index is 12.8. The van der Waals surface area contributed by atoms with E-state index in [-0.39, 0.29) is 5.91 Å². The smallest absolute Gasteiger partial charge is 0.245 e. The number of carbonyl (C=O) groups excluding carboxylic acids is 1. The maximum Gasteiger partial charge on any atom is 0.245 e. The zero-order valence-electron chi connectivity index (χ0n) is 12.7. The molecule has 1 atom stereocenters. The van der Waals surface area contributed by atoms with Gasteiger partial charge in [0.05, 0.1) is 6.20 Å². The van der Waals surface area contributed by atoms with E-state index in [0.717, 1.165) is 33.2 Å². The fourth-order valence-corrected chi connectivity index (χ4v) is 3.94. The number of carbonyl (C=O) groups is 1. The molecule has 0 aliphatic carbocycles. The van der Waals surface area contributed by atoms with E-state index in [2.05, 4.69) is 31.1 Å². The lowest BCUT2D eigenvalue weighted by Gasteiger charge is -2.31. The summed E-state index contributed by atoms with van der Waals surface area (Å²) < 4.78 is 0.748. The van der Waals surface area contributed by atoms with Gasteiger partial charge < -0.3 is 4.90 Å². The van der Waals surface area contributed by atoms with E-state index >= 15 is 0 Å². The third-order valence-electron chi connectivity index (χ3n) is 4.37. The van der Waals surface area contributed by atoms with Crippen LogP contribution in [0.1, 0.15) is 22.1 Å². The summed E-state index contributed by atoms with van der Waals surface area (Å²) in [4.78, 5) is 19.0. The van der Waals surface area contributed by atoms with Crippen molar-refractivity contribution in [2.45, 2.75) is 18.3 Å². The largest absolute Gasteiger partial charge is 0.336 e. The molecule has 0 spiro atoms. The Labute approximate surface area is 152 Å². The number of halogens is 2. The van der Waals surface area contributed by atoms with Crippen LogP contribution in [0.2, 0.25) is 0 Å². The quantitative estimate of drug-likeness (QED) is 0.523. The molecule has 0 saturated carbocycles. The molecule has 0 bridgehead atoms. The Morgan fingerprint density at radius 1 is 1.29 bits per heavy atom. The second kappa shape index (κ2) is 6.18. The lowest BCUT2D eigenvalue weighted by Crippen LogP contribution is -2.38. The number of nitrogens with one attached hydrogen (secondary N) is 1. The highest BCUT2D eigenvalue weighted by atomic mass is 79.9. The van der Waals surface area contributed by atoms with Crippen molar-refractivity contribution in [1.29, 1.82) is 0 Å². The van der Waals surface area contributed by atoms with Crippen molar-refractivity contribution in [3.05, 3.63) is 57.8 Å². The summed E-state index contributed by atoms with van der Waals surface area (Å²) in [5.41, 5.74) is 3.80. The molecule has 1 aliphatic heterocycles. The number of aromatic nitrogens is 3. The number of hydrogen-bond donors (Lipinski definition) is 1. The third-order valence-corrected chi connectivity index (χ3v) is 5.46. The molecule has 1 N–H and O–H groups in total. The van der Waals surface area contributed by atoms with Crippen molar-refractivity contribution < 1.29 is 4.79 Å². The topological polar surface area (TPSA) is 61.9 Å². The van der Waals surface area contributed by atoms with Crippen LogP contribution in [0.4, 0.5) is 0 Å². The van der Waals surface area contributed by atoms with E-state index in [1.54, 1.807) is 11.1 Å². The van der Waals surface area contributed by atoms with Crippen LogP contribution in [-0.4, -0.2) is 32.5 Å². The molecule has 4 rings (SSSR count). The second-order valence-electron chi connectivity index (χ2n) is 5.78. The number of fused-ring (bicyclic) bond motifs is 3. The predicted octanol–water partition coefficient (Wildman–Crippen LogP) is 3.59. The lowest BCUT2D eigenvalue weighted by atomic mass is 9.98. The number of hydrogen-bond acceptors (Lipinski definition) is 3. The molecule has 122 valence electrons. The van der Waals surface area contributed by atoms with Crippen LogP contribution in [0.15, 0.2) is 41.1 Å². The van der Waals surface area contributed by atoms with Gasteiger partial charge in [0, 0.05) is 24.0 Å². The van der Waals surface area contributed by atoms with Gasteiger partial charge in [0.1, 0.15) is 9.98 Å². The van der Waals surface area contributed by atoms with Crippen molar-refractivity contribution in [2.75, 3.05) is 6.54 Å². The van der Waals surface area contributed by atoms with E-state index in [1.165, 1.54) is 5.56 Å². The van der Waals surface area contributed by atoms with E-state index in [9.17, 15) is 4.79 Å². The molecule has 5 nitrogen and oxygen atoms in total. The molecule has 24 heavy (non-hydrogen) atoms. The van der Waals surface area contributed by atoms with Gasteiger partial charge in [0.2, 0.25) is 5.91 Å². The monoisotopic (exact) mass is 404 g/mol. The molecule has 0 radical (unpaired) electrons. The Balaban J connectivity index is 1.63. The van der Waals surface area contributed by atoms with Crippen molar-refractivity contribution >= 4 is 44.5 Å². The maximum atomic E-state index is 12.8. The molecular formula is C17H14BrClN4O. The number of alkyl halides is 1. The van der Waals surface area contributed by atoms with Gasteiger partial charge in [0.15, 0.2) is 5.65 Å². The van der Waals surface area contributed by atoms with E-state index in [1.807, 2.05) is 30.3 Å². The molecule has 1 amide bonds. The van der Waals surface area contributed by atoms with Crippen LogP contribution < -0.4 is 0 Å². The zero-order valence-corrected chi connectivity index (χ0v) is 15.0. The summed E-state index contributed by atoms with van der Waals surface area (Å²) >= 11 is 9.92.